The lowest BCUT2D eigenvalue weighted by Gasteiger charge is -2.16. The van der Waals surface area contributed by atoms with Gasteiger partial charge in [-0.15, -0.1) is 0 Å². The van der Waals surface area contributed by atoms with Crippen LogP contribution in [0, 0.1) is 6.85 Å². The average molecular weight is 354 g/mol. The van der Waals surface area contributed by atoms with Crippen LogP contribution in [0.2, 0.25) is 0 Å². The monoisotopic (exact) mass is 353 g/mol. The van der Waals surface area contributed by atoms with Gasteiger partial charge in [0.2, 0.25) is 0 Å². The molecule has 0 aliphatic heterocycles. The molecule has 0 aliphatic carbocycles. The summed E-state index contributed by atoms with van der Waals surface area (Å²) < 4.78 is 33.1. The van der Waals surface area contributed by atoms with Gasteiger partial charge >= 0.3 is 0 Å². The molecule has 0 fully saturated rings. The van der Waals surface area contributed by atoms with E-state index in [-0.39, 0.29) is 5.56 Å². The van der Waals surface area contributed by atoms with Gasteiger partial charge in [-0.3, -0.25) is 4.98 Å². The first kappa shape index (κ1) is 13.1. The van der Waals surface area contributed by atoms with Crippen LogP contribution in [0.5, 0.6) is 0 Å². The second kappa shape index (κ2) is 7.59. The number of aromatic nitrogens is 1. The van der Waals surface area contributed by atoms with Gasteiger partial charge in [0, 0.05) is 23.1 Å². The van der Waals surface area contributed by atoms with E-state index in [2.05, 4.69) is 4.98 Å². The molecule has 4 aromatic rings. The summed E-state index contributed by atoms with van der Waals surface area (Å²) >= 11 is 0. The van der Waals surface area contributed by atoms with E-state index in [9.17, 15) is 0 Å². The molecule has 0 saturated carbocycles. The minimum Gasteiger partial charge on any atom is -0.256 e. The average Bonchev–Trinajstić information content (AvgIpc) is 2.79. The molecule has 0 radical (unpaired) electrons. The first-order valence-corrected chi connectivity index (χ1v) is 8.99. The number of nitrogens with zero attached hydrogens (tertiary/aromatic N) is 1. The summed E-state index contributed by atoms with van der Waals surface area (Å²) in [7, 11) is 0. The maximum atomic E-state index is 9.09. The van der Waals surface area contributed by atoms with Crippen molar-refractivity contribution < 1.29 is 5.48 Å². The summed E-state index contributed by atoms with van der Waals surface area (Å²) in [4.78, 5) is 4.47. The lowest BCUT2D eigenvalue weighted by molar-refractivity contribution is 0.904. The predicted molar refractivity (Wildman–Crippen MR) is 114 cm³/mol. The van der Waals surface area contributed by atoms with Gasteiger partial charge in [-0.1, -0.05) is 85.8 Å². The summed E-state index contributed by atoms with van der Waals surface area (Å²) in [5.41, 5.74) is 4.96. The lowest BCUT2D eigenvalue weighted by atomic mass is 9.90. The number of rotatable bonds is 4. The highest BCUT2D eigenvalue weighted by atomic mass is 14.7. The fourth-order valence-corrected chi connectivity index (χ4v) is 3.26. The molecule has 4 rings (SSSR count). The Balaban J connectivity index is 1.86. The Morgan fingerprint density at radius 1 is 0.778 bits per heavy atom. The van der Waals surface area contributed by atoms with Gasteiger partial charge in [-0.2, -0.15) is 0 Å². The highest BCUT2D eigenvalue weighted by molar-refractivity contribution is 5.71. The first-order chi connectivity index (χ1) is 14.8. The van der Waals surface area contributed by atoms with Crippen LogP contribution in [0.3, 0.4) is 0 Å². The number of pyridine rings is 1. The van der Waals surface area contributed by atoms with Crippen molar-refractivity contribution in [3.05, 3.63) is 114 Å². The third kappa shape index (κ3) is 3.68. The van der Waals surface area contributed by atoms with Crippen LogP contribution >= 0.6 is 0 Å². The molecule has 0 aliphatic rings. The zero-order chi connectivity index (χ0) is 22.1. The molecular weight excluding hydrogens is 326 g/mol. The van der Waals surface area contributed by atoms with E-state index < -0.39 is 12.7 Å². The number of hydrogen-bond donors (Lipinski definition) is 0. The van der Waals surface area contributed by atoms with Crippen molar-refractivity contribution in [1.29, 1.82) is 0 Å². The molecule has 1 aromatic heterocycles. The van der Waals surface area contributed by atoms with Crippen molar-refractivity contribution >= 4 is 0 Å². The van der Waals surface area contributed by atoms with Crippen LogP contribution in [0.25, 0.3) is 22.4 Å². The molecule has 132 valence electrons. The largest absolute Gasteiger partial charge is 0.256 e. The Labute approximate surface area is 167 Å². The fraction of sp³-hybridized carbons (Fsp3) is 0.115. The highest BCUT2D eigenvalue weighted by Gasteiger charge is 2.13. The summed E-state index contributed by atoms with van der Waals surface area (Å²) in [5, 5.41) is 0. The Kier molecular flexibility index (Phi) is 3.67. The smallest absolute Gasteiger partial charge is 0.0705 e. The topological polar surface area (TPSA) is 12.9 Å². The predicted octanol–water partition coefficient (Wildman–Crippen LogP) is 6.88. The Hall–Kier alpha value is -3.19. The van der Waals surface area contributed by atoms with Crippen molar-refractivity contribution in [3.63, 3.8) is 0 Å². The summed E-state index contributed by atoms with van der Waals surface area (Å²) in [5.74, 6) is -1.24. The number of hydrogen-bond acceptors (Lipinski definition) is 1. The van der Waals surface area contributed by atoms with E-state index in [0.717, 1.165) is 22.3 Å². The SMILES string of the molecule is [2H]C([2H])([2H])c1cnc(-c2cccc(-c3ccccc3)c2)cc1C([2H])(C)c1ccccc1. The van der Waals surface area contributed by atoms with Crippen LogP contribution in [0.15, 0.2) is 97.2 Å². The molecule has 0 N–H and O–H groups in total. The van der Waals surface area contributed by atoms with Crippen molar-refractivity contribution in [2.24, 2.45) is 0 Å². The molecule has 1 atom stereocenters. The second-order valence-electron chi connectivity index (χ2n) is 6.55. The first-order valence-electron chi connectivity index (χ1n) is 11.0. The van der Waals surface area contributed by atoms with Crippen molar-refractivity contribution in [1.82, 2.24) is 4.98 Å². The van der Waals surface area contributed by atoms with Gasteiger partial charge in [0.25, 0.3) is 0 Å². The zero-order valence-electron chi connectivity index (χ0n) is 19.2. The van der Waals surface area contributed by atoms with Crippen LogP contribution < -0.4 is 0 Å². The van der Waals surface area contributed by atoms with E-state index in [1.807, 2.05) is 84.9 Å². The van der Waals surface area contributed by atoms with Crippen LogP contribution in [-0.2, 0) is 0 Å². The van der Waals surface area contributed by atoms with Gasteiger partial charge in [0.05, 0.1) is 5.69 Å². The molecule has 1 heterocycles. The van der Waals surface area contributed by atoms with E-state index in [1.54, 1.807) is 13.0 Å². The van der Waals surface area contributed by atoms with Crippen LogP contribution in [0.1, 0.15) is 35.0 Å². The normalized spacial score (nSPS) is 15.7. The standard InChI is InChI=1S/C26H23N/c1-19-18-27-26(17-25(19)20(2)21-10-5-3-6-11-21)24-15-9-14-23(16-24)22-12-7-4-8-13-22/h3-18,20H,1-2H3/i1D3,20D. The van der Waals surface area contributed by atoms with Gasteiger partial charge < -0.3 is 0 Å². The third-order valence-corrected chi connectivity index (χ3v) is 4.78. The molecule has 3 aromatic carbocycles. The van der Waals surface area contributed by atoms with E-state index in [0.29, 0.717) is 11.3 Å². The molecule has 0 saturated heterocycles. The van der Waals surface area contributed by atoms with Crippen molar-refractivity contribution in [2.75, 3.05) is 0 Å². The molecule has 1 nitrogen and oxygen atoms in total. The van der Waals surface area contributed by atoms with Crippen LogP contribution in [-0.4, -0.2) is 4.98 Å². The number of aryl methyl sites for hydroxylation is 1. The zero-order valence-corrected chi connectivity index (χ0v) is 15.2. The van der Waals surface area contributed by atoms with Gasteiger partial charge in [0.15, 0.2) is 0 Å². The maximum absolute atomic E-state index is 9.09. The second-order valence-corrected chi connectivity index (χ2v) is 6.55. The highest BCUT2D eigenvalue weighted by Crippen LogP contribution is 2.31. The third-order valence-electron chi connectivity index (χ3n) is 4.78. The Bertz CT molecular complexity index is 1180. The van der Waals surface area contributed by atoms with Gasteiger partial charge in [0.1, 0.15) is 0 Å². The molecule has 1 unspecified atom stereocenters. The maximum Gasteiger partial charge on any atom is 0.0705 e. The summed E-state index contributed by atoms with van der Waals surface area (Å²) in [6.07, 6.45) is 1.41. The fourth-order valence-electron chi connectivity index (χ4n) is 3.26. The Morgan fingerprint density at radius 3 is 2.19 bits per heavy atom. The summed E-state index contributed by atoms with van der Waals surface area (Å²) in [6, 6.07) is 29.1. The van der Waals surface area contributed by atoms with E-state index >= 15 is 0 Å². The quantitative estimate of drug-likeness (QED) is 0.390. The molecule has 0 amide bonds. The van der Waals surface area contributed by atoms with E-state index in [1.165, 1.54) is 6.20 Å². The van der Waals surface area contributed by atoms with E-state index in [4.69, 9.17) is 5.48 Å². The van der Waals surface area contributed by atoms with Crippen LogP contribution in [0.4, 0.5) is 0 Å². The van der Waals surface area contributed by atoms with Gasteiger partial charge in [-0.25, -0.2) is 0 Å². The van der Waals surface area contributed by atoms with Gasteiger partial charge in [-0.05, 0) is 46.8 Å². The lowest BCUT2D eigenvalue weighted by Crippen LogP contribution is -2.00. The van der Waals surface area contributed by atoms with Crippen molar-refractivity contribution in [2.45, 2.75) is 19.7 Å². The van der Waals surface area contributed by atoms with Crippen molar-refractivity contribution in [3.8, 4) is 22.4 Å². The minimum absolute atomic E-state index is 0.108. The molecule has 27 heavy (non-hydrogen) atoms. The Morgan fingerprint density at radius 2 is 1.44 bits per heavy atom. The molecule has 0 bridgehead atoms. The molecule has 1 heteroatoms. The molecule has 0 spiro atoms. The number of benzene rings is 3. The summed E-state index contributed by atoms with van der Waals surface area (Å²) in [6.45, 7) is -0.624. The molecular formula is C26H23N. The minimum atomic E-state index is -2.36.